The molecule has 138 valence electrons. The first-order valence-electron chi connectivity index (χ1n) is 8.00. The molecule has 0 atom stereocenters. The van der Waals surface area contributed by atoms with Crippen LogP contribution in [0.1, 0.15) is 0 Å². The van der Waals surface area contributed by atoms with Crippen molar-refractivity contribution in [3.63, 3.8) is 0 Å². The van der Waals surface area contributed by atoms with Crippen LogP contribution in [0.5, 0.6) is 0 Å². The number of benzene rings is 2. The Morgan fingerprint density at radius 1 is 1.19 bits per heavy atom. The molecule has 8 nitrogen and oxygen atoms in total. The Morgan fingerprint density at radius 2 is 1.96 bits per heavy atom. The van der Waals surface area contributed by atoms with Crippen LogP contribution < -0.4 is 4.72 Å². The highest BCUT2D eigenvalue weighted by molar-refractivity contribution is 7.99. The first-order chi connectivity index (χ1) is 12.9. The van der Waals surface area contributed by atoms with E-state index < -0.39 is 14.9 Å². The Labute approximate surface area is 159 Å². The van der Waals surface area contributed by atoms with Gasteiger partial charge in [0, 0.05) is 41.9 Å². The van der Waals surface area contributed by atoms with Gasteiger partial charge in [-0.05, 0) is 24.3 Å². The summed E-state index contributed by atoms with van der Waals surface area (Å²) < 4.78 is 29.7. The predicted octanol–water partition coefficient (Wildman–Crippen LogP) is 3.36. The van der Waals surface area contributed by atoms with Crippen LogP contribution in [0.2, 0.25) is 0 Å². The van der Waals surface area contributed by atoms with Crippen molar-refractivity contribution in [1.82, 2.24) is 9.55 Å². The zero-order chi connectivity index (χ0) is 19.0. The first-order valence-corrected chi connectivity index (χ1v) is 10.5. The predicted molar refractivity (Wildman–Crippen MR) is 102 cm³/mol. The van der Waals surface area contributed by atoms with Gasteiger partial charge in [0.05, 0.1) is 15.5 Å². The van der Waals surface area contributed by atoms with E-state index in [1.165, 1.54) is 12.1 Å². The monoisotopic (exact) mass is 402 g/mol. The largest absolute Gasteiger partial charge is 0.325 e. The Balaban J connectivity index is 1.59. The maximum Gasteiger partial charge on any atom is 0.269 e. The minimum Gasteiger partial charge on any atom is -0.325 e. The van der Waals surface area contributed by atoms with E-state index in [1.807, 2.05) is 12.3 Å². The van der Waals surface area contributed by atoms with Gasteiger partial charge in [-0.3, -0.25) is 14.8 Å². The van der Waals surface area contributed by atoms with Crippen LogP contribution in [-0.4, -0.2) is 28.6 Å². The van der Waals surface area contributed by atoms with Gasteiger partial charge in [-0.1, -0.05) is 23.9 Å². The Morgan fingerprint density at radius 3 is 2.67 bits per heavy atom. The smallest absolute Gasteiger partial charge is 0.269 e. The number of thioether (sulfide) groups is 1. The summed E-state index contributed by atoms with van der Waals surface area (Å²) in [6.45, 7) is 0.916. The molecule has 3 aromatic rings. The number of aryl methyl sites for hydroxylation is 1. The van der Waals surface area contributed by atoms with Gasteiger partial charge in [0.2, 0.25) is 0 Å². The summed E-state index contributed by atoms with van der Waals surface area (Å²) in [6, 6.07) is 11.7. The Hall–Kier alpha value is -2.85. The molecule has 0 bridgehead atoms. The molecule has 27 heavy (non-hydrogen) atoms. The summed E-state index contributed by atoms with van der Waals surface area (Å²) in [6.07, 6.45) is 1.96. The van der Waals surface area contributed by atoms with Crippen LogP contribution in [-0.2, 0) is 16.6 Å². The van der Waals surface area contributed by atoms with Crippen LogP contribution in [0.3, 0.4) is 0 Å². The molecule has 1 aromatic heterocycles. The van der Waals surface area contributed by atoms with Crippen molar-refractivity contribution < 1.29 is 13.3 Å². The fraction of sp³-hybridized carbons (Fsp3) is 0.118. The summed E-state index contributed by atoms with van der Waals surface area (Å²) in [5.74, 6) is 1.01. The average Bonchev–Trinajstić information content (AvgIpc) is 3.23. The number of fused-ring (bicyclic) bond motifs is 1. The van der Waals surface area contributed by atoms with Crippen molar-refractivity contribution in [3.05, 3.63) is 64.8 Å². The van der Waals surface area contributed by atoms with Gasteiger partial charge in [0.1, 0.15) is 0 Å². The van der Waals surface area contributed by atoms with Gasteiger partial charge in [-0.15, -0.1) is 0 Å². The number of nitrogens with one attached hydrogen (secondary N) is 1. The molecular weight excluding hydrogens is 388 g/mol. The van der Waals surface area contributed by atoms with E-state index in [9.17, 15) is 18.5 Å². The molecule has 0 saturated carbocycles. The minimum atomic E-state index is -3.85. The number of sulfonamides is 1. The van der Waals surface area contributed by atoms with Gasteiger partial charge in [-0.2, -0.15) is 0 Å². The highest BCUT2D eigenvalue weighted by Gasteiger charge is 2.18. The van der Waals surface area contributed by atoms with Crippen molar-refractivity contribution in [3.8, 4) is 11.3 Å². The van der Waals surface area contributed by atoms with Crippen molar-refractivity contribution in [1.29, 1.82) is 0 Å². The van der Waals surface area contributed by atoms with Crippen LogP contribution in [0.15, 0.2) is 64.8 Å². The molecule has 0 saturated heterocycles. The van der Waals surface area contributed by atoms with Crippen LogP contribution in [0, 0.1) is 10.1 Å². The van der Waals surface area contributed by atoms with Crippen molar-refractivity contribution in [2.24, 2.45) is 0 Å². The maximum absolute atomic E-state index is 12.5. The topological polar surface area (TPSA) is 107 Å². The molecule has 0 radical (unpaired) electrons. The average molecular weight is 402 g/mol. The lowest BCUT2D eigenvalue weighted by molar-refractivity contribution is -0.384. The number of hydrogen-bond donors (Lipinski definition) is 1. The zero-order valence-electron chi connectivity index (χ0n) is 13.9. The molecule has 4 rings (SSSR count). The third-order valence-electron chi connectivity index (χ3n) is 4.07. The Bertz CT molecular complexity index is 1100. The van der Waals surface area contributed by atoms with E-state index >= 15 is 0 Å². The molecule has 0 unspecified atom stereocenters. The van der Waals surface area contributed by atoms with Crippen molar-refractivity contribution >= 4 is 33.2 Å². The number of rotatable bonds is 5. The first kappa shape index (κ1) is 17.6. The number of nitro benzene ring substituents is 1. The molecule has 0 aliphatic carbocycles. The van der Waals surface area contributed by atoms with E-state index in [0.717, 1.165) is 40.8 Å². The van der Waals surface area contributed by atoms with Gasteiger partial charge in [0.25, 0.3) is 15.7 Å². The summed E-state index contributed by atoms with van der Waals surface area (Å²) in [5, 5.41) is 11.7. The second kappa shape index (κ2) is 6.71. The highest BCUT2D eigenvalue weighted by atomic mass is 32.2. The SMILES string of the molecule is O=[N+]([O-])c1ccc(S(=O)(=O)Nc2cccc(-c3cn4c(n3)SCC4)c2)cc1. The number of anilines is 1. The second-order valence-corrected chi connectivity index (χ2v) is 8.63. The van der Waals surface area contributed by atoms with Gasteiger partial charge in [-0.25, -0.2) is 13.4 Å². The molecule has 1 aliphatic heterocycles. The van der Waals surface area contributed by atoms with E-state index in [2.05, 4.69) is 14.3 Å². The van der Waals surface area contributed by atoms with E-state index in [1.54, 1.807) is 30.0 Å². The maximum atomic E-state index is 12.5. The molecule has 0 fully saturated rings. The fourth-order valence-electron chi connectivity index (χ4n) is 2.75. The van der Waals surface area contributed by atoms with Crippen molar-refractivity contribution in [2.45, 2.75) is 16.6 Å². The number of imidazole rings is 1. The van der Waals surface area contributed by atoms with Crippen LogP contribution >= 0.6 is 11.8 Å². The number of nitro groups is 1. The molecule has 2 aromatic carbocycles. The van der Waals surface area contributed by atoms with Gasteiger partial charge >= 0.3 is 0 Å². The second-order valence-electron chi connectivity index (χ2n) is 5.89. The molecular formula is C17H14N4O4S2. The normalized spacial score (nSPS) is 13.3. The fourth-order valence-corrected chi connectivity index (χ4v) is 4.74. The highest BCUT2D eigenvalue weighted by Crippen LogP contribution is 2.30. The number of hydrogen-bond acceptors (Lipinski definition) is 6. The van der Waals surface area contributed by atoms with E-state index in [0.29, 0.717) is 5.69 Å². The summed E-state index contributed by atoms with van der Waals surface area (Å²) in [7, 11) is -3.85. The number of non-ortho nitro benzene ring substituents is 1. The van der Waals surface area contributed by atoms with E-state index in [-0.39, 0.29) is 10.6 Å². The molecule has 1 aliphatic rings. The number of aromatic nitrogens is 2. The van der Waals surface area contributed by atoms with Gasteiger partial charge < -0.3 is 4.57 Å². The molecule has 1 N–H and O–H groups in total. The molecule has 0 spiro atoms. The summed E-state index contributed by atoms with van der Waals surface area (Å²) >= 11 is 1.69. The number of nitrogens with zero attached hydrogens (tertiary/aromatic N) is 3. The Kier molecular flexibility index (Phi) is 4.36. The lowest BCUT2D eigenvalue weighted by Gasteiger charge is -2.09. The third kappa shape index (κ3) is 3.53. The molecule has 0 amide bonds. The summed E-state index contributed by atoms with van der Waals surface area (Å²) in [5.41, 5.74) is 1.82. The standard InChI is InChI=1S/C17H14N4O4S2/c22-21(23)14-4-6-15(7-5-14)27(24,25)19-13-3-1-2-12(10-13)16-11-20-8-9-26-17(20)18-16/h1-7,10-11,19H,8-9H2. The summed E-state index contributed by atoms with van der Waals surface area (Å²) in [4.78, 5) is 14.7. The molecule has 10 heteroatoms. The van der Waals surface area contributed by atoms with Gasteiger partial charge in [0.15, 0.2) is 5.16 Å². The van der Waals surface area contributed by atoms with Crippen LogP contribution in [0.4, 0.5) is 11.4 Å². The lowest BCUT2D eigenvalue weighted by atomic mass is 10.1. The lowest BCUT2D eigenvalue weighted by Crippen LogP contribution is -2.12. The van der Waals surface area contributed by atoms with Crippen LogP contribution in [0.25, 0.3) is 11.3 Å². The van der Waals surface area contributed by atoms with E-state index in [4.69, 9.17) is 0 Å². The minimum absolute atomic E-state index is 0.0455. The quantitative estimate of drug-likeness (QED) is 0.518. The van der Waals surface area contributed by atoms with Crippen molar-refractivity contribution in [2.75, 3.05) is 10.5 Å². The zero-order valence-corrected chi connectivity index (χ0v) is 15.5. The molecule has 2 heterocycles. The third-order valence-corrected chi connectivity index (χ3v) is 6.44.